The van der Waals surface area contributed by atoms with Crippen LogP contribution in [0, 0.1) is 0 Å². The van der Waals surface area contributed by atoms with E-state index in [4.69, 9.17) is 5.73 Å². The molecule has 0 saturated carbocycles. The molecule has 0 spiro atoms. The zero-order valence-corrected chi connectivity index (χ0v) is 9.54. The summed E-state index contributed by atoms with van der Waals surface area (Å²) in [6, 6.07) is 0. The first-order valence-electron chi connectivity index (χ1n) is 5.13. The molecule has 0 aliphatic heterocycles. The summed E-state index contributed by atoms with van der Waals surface area (Å²) in [5.41, 5.74) is 7.79. The summed E-state index contributed by atoms with van der Waals surface area (Å²) < 4.78 is 1.97. The van der Waals surface area contributed by atoms with Crippen LogP contribution in [0.5, 0.6) is 0 Å². The van der Waals surface area contributed by atoms with Gasteiger partial charge in [0, 0.05) is 18.5 Å². The molecule has 4 heteroatoms. The summed E-state index contributed by atoms with van der Waals surface area (Å²) >= 11 is 0. The first-order valence-corrected chi connectivity index (χ1v) is 5.13. The van der Waals surface area contributed by atoms with Crippen LogP contribution in [0.3, 0.4) is 0 Å². The smallest absolute Gasteiger partial charge is 0.1000 e. The van der Waals surface area contributed by atoms with Crippen molar-refractivity contribution >= 4 is 0 Å². The molecule has 1 rings (SSSR count). The standard InChI is InChI=1S/C10H20N4/c1-5-6-14-9(10(2,3)4)8(7-11)12-13-14/h5-7,11H2,1-4H3. The van der Waals surface area contributed by atoms with Crippen LogP contribution in [0.1, 0.15) is 45.5 Å². The zero-order chi connectivity index (χ0) is 10.8. The van der Waals surface area contributed by atoms with Gasteiger partial charge in [0.05, 0.1) is 11.4 Å². The molecule has 0 radical (unpaired) electrons. The van der Waals surface area contributed by atoms with Gasteiger partial charge in [0.2, 0.25) is 0 Å². The Hall–Kier alpha value is -0.900. The van der Waals surface area contributed by atoms with Gasteiger partial charge >= 0.3 is 0 Å². The molecule has 1 heterocycles. The second-order valence-corrected chi connectivity index (χ2v) is 4.56. The molecule has 0 unspecified atom stereocenters. The summed E-state index contributed by atoms with van der Waals surface area (Å²) in [7, 11) is 0. The fourth-order valence-electron chi connectivity index (χ4n) is 1.67. The molecule has 0 saturated heterocycles. The van der Waals surface area contributed by atoms with Gasteiger partial charge in [-0.15, -0.1) is 5.10 Å². The van der Waals surface area contributed by atoms with Gasteiger partial charge in [-0.25, -0.2) is 4.68 Å². The molecule has 2 N–H and O–H groups in total. The Kier molecular flexibility index (Phi) is 3.26. The summed E-state index contributed by atoms with van der Waals surface area (Å²) in [6.45, 7) is 10.0. The molecular formula is C10H20N4. The Labute approximate surface area is 85.5 Å². The van der Waals surface area contributed by atoms with Crippen LogP contribution in [0.25, 0.3) is 0 Å². The van der Waals surface area contributed by atoms with Crippen molar-refractivity contribution in [2.75, 3.05) is 0 Å². The van der Waals surface area contributed by atoms with E-state index in [2.05, 4.69) is 38.0 Å². The van der Waals surface area contributed by atoms with E-state index in [1.165, 1.54) is 5.69 Å². The van der Waals surface area contributed by atoms with Crippen LogP contribution in [0.4, 0.5) is 0 Å². The summed E-state index contributed by atoms with van der Waals surface area (Å²) in [5.74, 6) is 0. The van der Waals surface area contributed by atoms with Gasteiger partial charge in [-0.3, -0.25) is 0 Å². The maximum Gasteiger partial charge on any atom is 0.1000 e. The molecule has 0 atom stereocenters. The third-order valence-corrected chi connectivity index (χ3v) is 2.14. The molecule has 0 aliphatic carbocycles. The molecule has 0 amide bonds. The minimum atomic E-state index is 0.0629. The summed E-state index contributed by atoms with van der Waals surface area (Å²) in [4.78, 5) is 0. The molecule has 1 aromatic heterocycles. The lowest BCUT2D eigenvalue weighted by molar-refractivity contribution is 0.474. The number of rotatable bonds is 3. The first kappa shape index (κ1) is 11.2. The Bertz CT molecular complexity index is 296. The average Bonchev–Trinajstić information content (AvgIpc) is 2.47. The van der Waals surface area contributed by atoms with Crippen LogP contribution < -0.4 is 5.73 Å². The number of nitrogens with zero attached hydrogens (tertiary/aromatic N) is 3. The monoisotopic (exact) mass is 196 g/mol. The second kappa shape index (κ2) is 4.09. The van der Waals surface area contributed by atoms with E-state index in [9.17, 15) is 0 Å². The number of hydrogen-bond donors (Lipinski definition) is 1. The van der Waals surface area contributed by atoms with Crippen molar-refractivity contribution in [3.05, 3.63) is 11.4 Å². The van der Waals surface area contributed by atoms with E-state index in [0.717, 1.165) is 18.7 Å². The Morgan fingerprint density at radius 1 is 1.36 bits per heavy atom. The van der Waals surface area contributed by atoms with Gasteiger partial charge in [0.15, 0.2) is 0 Å². The van der Waals surface area contributed by atoms with Gasteiger partial charge < -0.3 is 5.73 Å². The molecule has 1 aromatic rings. The first-order chi connectivity index (χ1) is 6.50. The van der Waals surface area contributed by atoms with Gasteiger partial charge in [-0.2, -0.15) is 0 Å². The molecule has 4 nitrogen and oxygen atoms in total. The third kappa shape index (κ3) is 2.12. The largest absolute Gasteiger partial charge is 0.325 e. The summed E-state index contributed by atoms with van der Waals surface area (Å²) in [5, 5.41) is 8.24. The highest BCUT2D eigenvalue weighted by atomic mass is 15.4. The van der Waals surface area contributed by atoms with E-state index < -0.39 is 0 Å². The predicted molar refractivity (Wildman–Crippen MR) is 56.9 cm³/mol. The lowest BCUT2D eigenvalue weighted by Crippen LogP contribution is -2.21. The number of hydrogen-bond acceptors (Lipinski definition) is 3. The van der Waals surface area contributed by atoms with Crippen LogP contribution in [-0.2, 0) is 18.5 Å². The minimum Gasteiger partial charge on any atom is -0.325 e. The van der Waals surface area contributed by atoms with Gasteiger partial charge in [0.25, 0.3) is 0 Å². The number of aromatic nitrogens is 3. The van der Waals surface area contributed by atoms with Crippen molar-refractivity contribution < 1.29 is 0 Å². The Morgan fingerprint density at radius 2 is 2.00 bits per heavy atom. The van der Waals surface area contributed by atoms with E-state index in [-0.39, 0.29) is 5.41 Å². The lowest BCUT2D eigenvalue weighted by atomic mass is 9.90. The Morgan fingerprint density at radius 3 is 2.43 bits per heavy atom. The number of aryl methyl sites for hydroxylation is 1. The average molecular weight is 196 g/mol. The normalized spacial score (nSPS) is 12.1. The molecule has 80 valence electrons. The van der Waals surface area contributed by atoms with E-state index in [1.807, 2.05) is 4.68 Å². The van der Waals surface area contributed by atoms with Gasteiger partial charge in [-0.1, -0.05) is 32.9 Å². The van der Waals surface area contributed by atoms with Crippen LogP contribution in [0.2, 0.25) is 0 Å². The minimum absolute atomic E-state index is 0.0629. The fourth-order valence-corrected chi connectivity index (χ4v) is 1.67. The second-order valence-electron chi connectivity index (χ2n) is 4.56. The third-order valence-electron chi connectivity index (χ3n) is 2.14. The Balaban J connectivity index is 3.13. The molecule has 14 heavy (non-hydrogen) atoms. The number of nitrogens with two attached hydrogens (primary N) is 1. The zero-order valence-electron chi connectivity index (χ0n) is 9.54. The maximum atomic E-state index is 5.64. The molecule has 0 aliphatic rings. The molecule has 0 fully saturated rings. The van der Waals surface area contributed by atoms with Crippen LogP contribution >= 0.6 is 0 Å². The molecule has 0 bridgehead atoms. The molecule has 0 aromatic carbocycles. The van der Waals surface area contributed by atoms with Gasteiger partial charge in [-0.05, 0) is 6.42 Å². The van der Waals surface area contributed by atoms with Crippen molar-refractivity contribution in [1.29, 1.82) is 0 Å². The highest BCUT2D eigenvalue weighted by Crippen LogP contribution is 2.24. The fraction of sp³-hybridized carbons (Fsp3) is 0.800. The SMILES string of the molecule is CCCn1nnc(CN)c1C(C)(C)C. The van der Waals surface area contributed by atoms with Gasteiger partial charge in [0.1, 0.15) is 0 Å². The van der Waals surface area contributed by atoms with Crippen molar-refractivity contribution in [3.8, 4) is 0 Å². The van der Waals surface area contributed by atoms with Crippen LogP contribution in [-0.4, -0.2) is 15.0 Å². The van der Waals surface area contributed by atoms with E-state index in [0.29, 0.717) is 6.54 Å². The van der Waals surface area contributed by atoms with Crippen molar-refractivity contribution in [2.24, 2.45) is 5.73 Å². The van der Waals surface area contributed by atoms with E-state index >= 15 is 0 Å². The van der Waals surface area contributed by atoms with Crippen LogP contribution in [0.15, 0.2) is 0 Å². The topological polar surface area (TPSA) is 56.7 Å². The van der Waals surface area contributed by atoms with Crippen molar-refractivity contribution in [2.45, 2.75) is 52.6 Å². The van der Waals surface area contributed by atoms with Crippen molar-refractivity contribution in [1.82, 2.24) is 15.0 Å². The quantitative estimate of drug-likeness (QED) is 0.796. The maximum absolute atomic E-state index is 5.64. The predicted octanol–water partition coefficient (Wildman–Crippen LogP) is 1.44. The van der Waals surface area contributed by atoms with E-state index in [1.54, 1.807) is 0 Å². The van der Waals surface area contributed by atoms with Crippen molar-refractivity contribution in [3.63, 3.8) is 0 Å². The summed E-state index contributed by atoms with van der Waals surface area (Å²) in [6.07, 6.45) is 1.07. The highest BCUT2D eigenvalue weighted by Gasteiger charge is 2.23. The molecular weight excluding hydrogens is 176 g/mol. The lowest BCUT2D eigenvalue weighted by Gasteiger charge is -2.20. The highest BCUT2D eigenvalue weighted by molar-refractivity contribution is 5.18.